The highest BCUT2D eigenvalue weighted by molar-refractivity contribution is 7.98. The summed E-state index contributed by atoms with van der Waals surface area (Å²) in [5.41, 5.74) is 3.66. The monoisotopic (exact) mass is 406 g/mol. The lowest BCUT2D eigenvalue weighted by Gasteiger charge is -2.16. The number of rotatable bonds is 6. The first-order valence-electron chi connectivity index (χ1n) is 9.56. The van der Waals surface area contributed by atoms with Crippen molar-refractivity contribution in [2.45, 2.75) is 44.6 Å². The molecule has 0 radical (unpaired) electrons. The van der Waals surface area contributed by atoms with Crippen LogP contribution in [-0.4, -0.2) is 29.8 Å². The minimum atomic E-state index is -0.0695. The highest BCUT2D eigenvalue weighted by Crippen LogP contribution is 2.26. The SMILES string of the molecule is CCCn1nnnc1CSc1nc2ccccc2c(=O)n1-c1cccc(C)c1C. The van der Waals surface area contributed by atoms with Gasteiger partial charge in [0.1, 0.15) is 0 Å². The van der Waals surface area contributed by atoms with Crippen LogP contribution < -0.4 is 5.56 Å². The average molecular weight is 407 g/mol. The molecule has 2 aromatic heterocycles. The van der Waals surface area contributed by atoms with Crippen molar-refractivity contribution in [1.29, 1.82) is 0 Å². The number of benzene rings is 2. The molecule has 0 bridgehead atoms. The number of thioether (sulfide) groups is 1. The summed E-state index contributed by atoms with van der Waals surface area (Å²) >= 11 is 1.47. The molecule has 0 atom stereocenters. The molecule has 0 saturated heterocycles. The minimum absolute atomic E-state index is 0.0695. The summed E-state index contributed by atoms with van der Waals surface area (Å²) < 4.78 is 3.51. The van der Waals surface area contributed by atoms with Crippen molar-refractivity contribution < 1.29 is 0 Å². The average Bonchev–Trinajstić information content (AvgIpc) is 3.17. The molecule has 4 rings (SSSR count). The number of aryl methyl sites for hydroxylation is 2. The van der Waals surface area contributed by atoms with Gasteiger partial charge >= 0.3 is 0 Å². The fraction of sp³-hybridized carbons (Fsp3) is 0.286. The summed E-state index contributed by atoms with van der Waals surface area (Å²) in [6.07, 6.45) is 0.949. The van der Waals surface area contributed by atoms with Crippen LogP contribution in [0.5, 0.6) is 0 Å². The first-order valence-corrected chi connectivity index (χ1v) is 10.5. The Morgan fingerprint density at radius 3 is 2.72 bits per heavy atom. The fourth-order valence-corrected chi connectivity index (χ4v) is 4.18. The summed E-state index contributed by atoms with van der Waals surface area (Å²) in [7, 11) is 0. The second-order valence-electron chi connectivity index (χ2n) is 6.88. The topological polar surface area (TPSA) is 78.5 Å². The summed E-state index contributed by atoms with van der Waals surface area (Å²) in [5.74, 6) is 1.30. The Morgan fingerprint density at radius 2 is 1.90 bits per heavy atom. The van der Waals surface area contributed by atoms with Crippen molar-refractivity contribution in [3.8, 4) is 5.69 Å². The second kappa shape index (κ2) is 8.16. The smallest absolute Gasteiger partial charge is 0.266 e. The number of hydrogen-bond acceptors (Lipinski definition) is 6. The molecular weight excluding hydrogens is 384 g/mol. The minimum Gasteiger partial charge on any atom is -0.268 e. The molecule has 8 heteroatoms. The third-order valence-electron chi connectivity index (χ3n) is 4.93. The molecule has 0 N–H and O–H groups in total. The first kappa shape index (κ1) is 19.3. The maximum atomic E-state index is 13.4. The molecule has 0 aliphatic heterocycles. The third-order valence-corrected chi connectivity index (χ3v) is 5.87. The van der Waals surface area contributed by atoms with Crippen LogP contribution in [0.15, 0.2) is 52.4 Å². The van der Waals surface area contributed by atoms with Crippen molar-refractivity contribution in [1.82, 2.24) is 29.8 Å². The van der Waals surface area contributed by atoms with E-state index in [0.29, 0.717) is 21.8 Å². The number of tetrazole rings is 1. The van der Waals surface area contributed by atoms with E-state index in [9.17, 15) is 4.79 Å². The molecule has 0 saturated carbocycles. The molecule has 0 amide bonds. The number of fused-ring (bicyclic) bond motifs is 1. The molecule has 7 nitrogen and oxygen atoms in total. The van der Waals surface area contributed by atoms with Crippen molar-refractivity contribution in [2.75, 3.05) is 0 Å². The zero-order valence-electron chi connectivity index (χ0n) is 16.7. The maximum absolute atomic E-state index is 13.4. The molecule has 0 fully saturated rings. The van der Waals surface area contributed by atoms with Gasteiger partial charge in [0.05, 0.1) is 22.3 Å². The van der Waals surface area contributed by atoms with Gasteiger partial charge in [-0.05, 0) is 60.0 Å². The van der Waals surface area contributed by atoms with Crippen LogP contribution in [0.2, 0.25) is 0 Å². The summed E-state index contributed by atoms with van der Waals surface area (Å²) in [6.45, 7) is 6.92. The molecule has 148 valence electrons. The van der Waals surface area contributed by atoms with Gasteiger partial charge in [0.25, 0.3) is 5.56 Å². The maximum Gasteiger partial charge on any atom is 0.266 e. The second-order valence-corrected chi connectivity index (χ2v) is 7.82. The van der Waals surface area contributed by atoms with E-state index >= 15 is 0 Å². The first-order chi connectivity index (χ1) is 14.1. The van der Waals surface area contributed by atoms with E-state index < -0.39 is 0 Å². The van der Waals surface area contributed by atoms with Gasteiger partial charge in [0.2, 0.25) is 0 Å². The lowest BCUT2D eigenvalue weighted by atomic mass is 10.1. The Balaban J connectivity index is 1.85. The molecular formula is C21H22N6OS. The van der Waals surface area contributed by atoms with Crippen LogP contribution in [0.3, 0.4) is 0 Å². The van der Waals surface area contributed by atoms with Crippen LogP contribution in [0.25, 0.3) is 16.6 Å². The zero-order valence-corrected chi connectivity index (χ0v) is 17.5. The highest BCUT2D eigenvalue weighted by Gasteiger charge is 2.17. The van der Waals surface area contributed by atoms with Gasteiger partial charge in [-0.1, -0.05) is 43.0 Å². The Morgan fingerprint density at radius 1 is 1.07 bits per heavy atom. The van der Waals surface area contributed by atoms with Crippen LogP contribution >= 0.6 is 11.8 Å². The number of nitrogens with zero attached hydrogens (tertiary/aromatic N) is 6. The zero-order chi connectivity index (χ0) is 20.4. The van der Waals surface area contributed by atoms with Crippen molar-refractivity contribution >= 4 is 22.7 Å². The Labute approximate surface area is 172 Å². The van der Waals surface area contributed by atoms with Crippen molar-refractivity contribution in [3.63, 3.8) is 0 Å². The van der Waals surface area contributed by atoms with E-state index in [0.717, 1.165) is 35.6 Å². The molecule has 29 heavy (non-hydrogen) atoms. The van der Waals surface area contributed by atoms with Crippen molar-refractivity contribution in [2.24, 2.45) is 0 Å². The fourth-order valence-electron chi connectivity index (χ4n) is 3.24. The van der Waals surface area contributed by atoms with E-state index in [1.165, 1.54) is 11.8 Å². The molecule has 2 heterocycles. The largest absolute Gasteiger partial charge is 0.268 e. The van der Waals surface area contributed by atoms with Gasteiger partial charge in [0.15, 0.2) is 11.0 Å². The molecule has 0 aliphatic rings. The summed E-state index contributed by atoms with van der Waals surface area (Å²) in [4.78, 5) is 18.2. The van der Waals surface area contributed by atoms with Gasteiger partial charge in [-0.3, -0.25) is 9.36 Å². The Bertz CT molecular complexity index is 1230. The van der Waals surface area contributed by atoms with E-state index in [4.69, 9.17) is 4.98 Å². The van der Waals surface area contributed by atoms with Crippen LogP contribution in [0, 0.1) is 13.8 Å². The predicted molar refractivity (Wildman–Crippen MR) is 114 cm³/mol. The van der Waals surface area contributed by atoms with Crippen LogP contribution in [0.1, 0.15) is 30.3 Å². The van der Waals surface area contributed by atoms with Gasteiger partial charge in [-0.15, -0.1) is 5.10 Å². The van der Waals surface area contributed by atoms with Gasteiger partial charge in [-0.2, -0.15) is 0 Å². The quantitative estimate of drug-likeness (QED) is 0.359. The lowest BCUT2D eigenvalue weighted by molar-refractivity contribution is 0.564. The lowest BCUT2D eigenvalue weighted by Crippen LogP contribution is -2.22. The Hall–Kier alpha value is -3.00. The molecule has 0 unspecified atom stereocenters. The van der Waals surface area contributed by atoms with Gasteiger partial charge in [0, 0.05) is 6.54 Å². The van der Waals surface area contributed by atoms with E-state index in [1.807, 2.05) is 56.3 Å². The molecule has 2 aromatic carbocycles. The van der Waals surface area contributed by atoms with E-state index in [1.54, 1.807) is 9.25 Å². The molecule has 0 aliphatic carbocycles. The number of aromatic nitrogens is 6. The van der Waals surface area contributed by atoms with Crippen LogP contribution in [-0.2, 0) is 12.3 Å². The third kappa shape index (κ3) is 3.67. The summed E-state index contributed by atoms with van der Waals surface area (Å²) in [5, 5.41) is 13.2. The highest BCUT2D eigenvalue weighted by atomic mass is 32.2. The number of para-hydroxylation sites is 1. The van der Waals surface area contributed by atoms with Crippen molar-refractivity contribution in [3.05, 3.63) is 69.8 Å². The normalized spacial score (nSPS) is 11.3. The Kier molecular flexibility index (Phi) is 5.44. The standard InChI is InChI=1S/C21H22N6OS/c1-4-12-26-19(23-24-25-26)13-29-21-22-17-10-6-5-9-16(17)20(28)27(21)18-11-7-8-14(2)15(18)3/h5-11H,4,12-13H2,1-3H3. The number of hydrogen-bond donors (Lipinski definition) is 0. The molecule has 0 spiro atoms. The van der Waals surface area contributed by atoms with E-state index in [2.05, 4.69) is 22.4 Å². The summed E-state index contributed by atoms with van der Waals surface area (Å²) in [6, 6.07) is 13.4. The van der Waals surface area contributed by atoms with Crippen LogP contribution in [0.4, 0.5) is 0 Å². The van der Waals surface area contributed by atoms with Gasteiger partial charge < -0.3 is 0 Å². The molecule has 4 aromatic rings. The predicted octanol–water partition coefficient (Wildman–Crippen LogP) is 3.69. The van der Waals surface area contributed by atoms with E-state index in [-0.39, 0.29) is 5.56 Å². The van der Waals surface area contributed by atoms with Gasteiger partial charge in [-0.25, -0.2) is 9.67 Å².